The van der Waals surface area contributed by atoms with Crippen LogP contribution in [0.15, 0.2) is 59.5 Å². The zero-order valence-corrected chi connectivity index (χ0v) is 16.3. The van der Waals surface area contributed by atoms with Crippen LogP contribution >= 0.6 is 0 Å². The number of benzene rings is 2. The number of carbonyl (C=O) groups is 1. The highest BCUT2D eigenvalue weighted by atomic mass is 16.7. The molecule has 156 valence electrons. The van der Waals surface area contributed by atoms with Crippen molar-refractivity contribution in [2.24, 2.45) is 0 Å². The van der Waals surface area contributed by atoms with Crippen LogP contribution in [0.1, 0.15) is 21.5 Å². The Bertz CT molecular complexity index is 1340. The van der Waals surface area contributed by atoms with Crippen LogP contribution in [-0.2, 0) is 13.1 Å². The van der Waals surface area contributed by atoms with Gasteiger partial charge in [0.25, 0.3) is 11.5 Å². The number of hydrogen-bond acceptors (Lipinski definition) is 6. The first-order valence-corrected chi connectivity index (χ1v) is 9.61. The van der Waals surface area contributed by atoms with Crippen LogP contribution < -0.4 is 20.3 Å². The second-order valence-electron chi connectivity index (χ2n) is 7.10. The van der Waals surface area contributed by atoms with Crippen LogP contribution in [0.4, 0.5) is 0 Å². The molecule has 0 bridgehead atoms. The summed E-state index contributed by atoms with van der Waals surface area (Å²) in [7, 11) is 0. The second kappa shape index (κ2) is 7.52. The molecule has 1 aliphatic heterocycles. The highest BCUT2D eigenvalue weighted by molar-refractivity contribution is 6.01. The number of amides is 1. The minimum Gasteiger partial charge on any atom is -0.506 e. The van der Waals surface area contributed by atoms with E-state index in [0.717, 1.165) is 11.1 Å². The number of nitrogens with one attached hydrogen (secondary N) is 2. The monoisotopic (exact) mass is 418 g/mol. The maximum Gasteiger partial charge on any atom is 0.266 e. The summed E-state index contributed by atoms with van der Waals surface area (Å²) in [5.41, 5.74) is 1.05. The van der Waals surface area contributed by atoms with E-state index < -0.39 is 17.2 Å². The molecule has 0 unspecified atom stereocenters. The van der Waals surface area contributed by atoms with Gasteiger partial charge in [0.1, 0.15) is 17.0 Å². The van der Waals surface area contributed by atoms with E-state index in [1.807, 2.05) is 30.3 Å². The molecule has 1 aliphatic rings. The van der Waals surface area contributed by atoms with E-state index in [9.17, 15) is 14.7 Å². The van der Waals surface area contributed by atoms with E-state index in [1.54, 1.807) is 22.9 Å². The minimum atomic E-state index is -0.692. The number of fused-ring (bicyclic) bond motifs is 2. The first-order valence-electron chi connectivity index (χ1n) is 9.61. The zero-order chi connectivity index (χ0) is 21.4. The molecule has 31 heavy (non-hydrogen) atoms. The number of H-pyrrole nitrogens is 1. The highest BCUT2D eigenvalue weighted by Gasteiger charge is 2.22. The number of aromatic nitrogens is 3. The largest absolute Gasteiger partial charge is 0.506 e. The molecule has 0 fully saturated rings. The summed E-state index contributed by atoms with van der Waals surface area (Å²) < 4.78 is 12.2. The van der Waals surface area contributed by atoms with Crippen molar-refractivity contribution >= 4 is 16.9 Å². The van der Waals surface area contributed by atoms with Gasteiger partial charge in [0.05, 0.1) is 18.1 Å². The standard InChI is InChI=1S/C22H18N4O5/c27-19-15-10-24-26(11-13-4-2-1-3-5-13)20(15)25-22(29)18(19)21(28)23-9-14-6-7-16-17(8-14)31-12-30-16/h1-8,10H,9,11-12H2,(H,23,28)(H2,25,27,29). The van der Waals surface area contributed by atoms with Gasteiger partial charge in [-0.15, -0.1) is 0 Å². The predicted octanol–water partition coefficient (Wildman–Crippen LogP) is 2.14. The SMILES string of the molecule is O=C(NCc1ccc2c(c1)OCO2)c1c(O)c2cnn(Cc3ccccc3)c2[nH]c1=O. The zero-order valence-electron chi connectivity index (χ0n) is 16.3. The maximum absolute atomic E-state index is 12.7. The van der Waals surface area contributed by atoms with Gasteiger partial charge < -0.3 is 24.9 Å². The van der Waals surface area contributed by atoms with Crippen molar-refractivity contribution in [2.45, 2.75) is 13.1 Å². The summed E-state index contributed by atoms with van der Waals surface area (Å²) in [5.74, 6) is 0.150. The van der Waals surface area contributed by atoms with Gasteiger partial charge in [0.2, 0.25) is 6.79 Å². The van der Waals surface area contributed by atoms with Gasteiger partial charge >= 0.3 is 0 Å². The van der Waals surface area contributed by atoms with Crippen molar-refractivity contribution < 1.29 is 19.4 Å². The molecule has 4 aromatic rings. The van der Waals surface area contributed by atoms with Crippen molar-refractivity contribution in [3.63, 3.8) is 0 Å². The molecule has 1 amide bonds. The normalized spacial score (nSPS) is 12.3. The Morgan fingerprint density at radius 1 is 1.13 bits per heavy atom. The third kappa shape index (κ3) is 3.46. The van der Waals surface area contributed by atoms with Gasteiger partial charge in [-0.3, -0.25) is 9.59 Å². The molecule has 3 heterocycles. The summed E-state index contributed by atoms with van der Waals surface area (Å²) in [4.78, 5) is 27.9. The minimum absolute atomic E-state index is 0.152. The van der Waals surface area contributed by atoms with E-state index in [4.69, 9.17) is 9.47 Å². The van der Waals surface area contributed by atoms with E-state index in [0.29, 0.717) is 29.1 Å². The number of nitrogens with zero attached hydrogens (tertiary/aromatic N) is 2. The fraction of sp³-hybridized carbons (Fsp3) is 0.136. The average Bonchev–Trinajstić information content (AvgIpc) is 3.40. The molecule has 3 N–H and O–H groups in total. The van der Waals surface area contributed by atoms with Crippen LogP contribution in [-0.4, -0.2) is 32.6 Å². The van der Waals surface area contributed by atoms with Crippen LogP contribution in [0.5, 0.6) is 17.2 Å². The van der Waals surface area contributed by atoms with Gasteiger partial charge in [-0.25, -0.2) is 4.68 Å². The molecular formula is C22H18N4O5. The first kappa shape index (κ1) is 18.7. The predicted molar refractivity (Wildman–Crippen MR) is 111 cm³/mol. The Morgan fingerprint density at radius 2 is 1.94 bits per heavy atom. The fourth-order valence-electron chi connectivity index (χ4n) is 3.51. The summed E-state index contributed by atoms with van der Waals surface area (Å²) in [6.45, 7) is 0.724. The summed E-state index contributed by atoms with van der Waals surface area (Å²) in [5, 5.41) is 17.8. The lowest BCUT2D eigenvalue weighted by Gasteiger charge is -2.09. The molecule has 0 aliphatic carbocycles. The number of carbonyl (C=O) groups excluding carboxylic acids is 1. The Morgan fingerprint density at radius 3 is 2.77 bits per heavy atom. The number of ether oxygens (including phenoxy) is 2. The molecule has 0 radical (unpaired) electrons. The van der Waals surface area contributed by atoms with Crippen molar-refractivity contribution in [3.05, 3.63) is 81.8 Å². The fourth-order valence-corrected chi connectivity index (χ4v) is 3.51. The number of hydrogen-bond donors (Lipinski definition) is 3. The van der Waals surface area contributed by atoms with Crippen molar-refractivity contribution in [1.82, 2.24) is 20.1 Å². The molecule has 0 saturated carbocycles. The first-order chi connectivity index (χ1) is 15.1. The van der Waals surface area contributed by atoms with Crippen molar-refractivity contribution in [1.29, 1.82) is 0 Å². The number of aromatic hydroxyl groups is 1. The Hall–Kier alpha value is -4.27. The van der Waals surface area contributed by atoms with E-state index in [1.165, 1.54) is 6.20 Å². The molecule has 2 aromatic heterocycles. The lowest BCUT2D eigenvalue weighted by molar-refractivity contribution is 0.0947. The summed E-state index contributed by atoms with van der Waals surface area (Å²) >= 11 is 0. The van der Waals surface area contributed by atoms with Crippen LogP contribution in [0.3, 0.4) is 0 Å². The van der Waals surface area contributed by atoms with Gasteiger partial charge in [0.15, 0.2) is 11.5 Å². The van der Waals surface area contributed by atoms with Gasteiger partial charge in [-0.1, -0.05) is 36.4 Å². The Kier molecular flexibility index (Phi) is 4.55. The lowest BCUT2D eigenvalue weighted by atomic mass is 10.1. The Balaban J connectivity index is 1.39. The molecule has 9 nitrogen and oxygen atoms in total. The average molecular weight is 418 g/mol. The quantitative estimate of drug-likeness (QED) is 0.457. The lowest BCUT2D eigenvalue weighted by Crippen LogP contribution is -2.29. The van der Waals surface area contributed by atoms with Gasteiger partial charge in [0, 0.05) is 6.54 Å². The van der Waals surface area contributed by atoms with E-state index in [2.05, 4.69) is 15.4 Å². The molecule has 0 spiro atoms. The number of rotatable bonds is 5. The smallest absolute Gasteiger partial charge is 0.266 e. The van der Waals surface area contributed by atoms with E-state index in [-0.39, 0.29) is 18.9 Å². The third-order valence-corrected chi connectivity index (χ3v) is 5.08. The Labute approximate surface area is 175 Å². The van der Waals surface area contributed by atoms with Gasteiger partial charge in [-0.2, -0.15) is 5.10 Å². The van der Waals surface area contributed by atoms with Gasteiger partial charge in [-0.05, 0) is 23.3 Å². The molecule has 2 aromatic carbocycles. The molecule has 0 atom stereocenters. The number of aromatic amines is 1. The second-order valence-corrected chi connectivity index (χ2v) is 7.10. The molecular weight excluding hydrogens is 400 g/mol. The molecule has 5 rings (SSSR count). The topological polar surface area (TPSA) is 118 Å². The highest BCUT2D eigenvalue weighted by Crippen LogP contribution is 2.32. The van der Waals surface area contributed by atoms with Crippen LogP contribution in [0.2, 0.25) is 0 Å². The van der Waals surface area contributed by atoms with Crippen LogP contribution in [0, 0.1) is 0 Å². The van der Waals surface area contributed by atoms with Crippen molar-refractivity contribution in [3.8, 4) is 17.2 Å². The van der Waals surface area contributed by atoms with Crippen molar-refractivity contribution in [2.75, 3.05) is 6.79 Å². The third-order valence-electron chi connectivity index (χ3n) is 5.08. The molecule has 0 saturated heterocycles. The number of pyridine rings is 1. The molecule has 9 heteroatoms. The van der Waals surface area contributed by atoms with Crippen LogP contribution in [0.25, 0.3) is 11.0 Å². The summed E-state index contributed by atoms with van der Waals surface area (Å²) in [6, 6.07) is 14.9. The maximum atomic E-state index is 12.7. The van der Waals surface area contributed by atoms with E-state index >= 15 is 0 Å². The summed E-state index contributed by atoms with van der Waals surface area (Å²) in [6.07, 6.45) is 1.43.